The minimum absolute atomic E-state index is 0.190. The maximum Gasteiger partial charge on any atom is 0.221 e. The molecule has 0 aromatic carbocycles. The highest BCUT2D eigenvalue weighted by atomic mass is 16.1. The van der Waals surface area contributed by atoms with Crippen molar-refractivity contribution < 1.29 is 4.79 Å². The Balaban J connectivity index is 1.87. The van der Waals surface area contributed by atoms with Crippen LogP contribution in [0, 0.1) is 0 Å². The Morgan fingerprint density at radius 1 is 1.36 bits per heavy atom. The van der Waals surface area contributed by atoms with Crippen LogP contribution < -0.4 is 11.1 Å². The summed E-state index contributed by atoms with van der Waals surface area (Å²) < 4.78 is 0. The molecule has 4 nitrogen and oxygen atoms in total. The molecule has 4 heteroatoms. The van der Waals surface area contributed by atoms with E-state index in [1.165, 1.54) is 6.42 Å². The van der Waals surface area contributed by atoms with Gasteiger partial charge in [-0.2, -0.15) is 0 Å². The van der Waals surface area contributed by atoms with Gasteiger partial charge in [-0.05, 0) is 19.3 Å². The van der Waals surface area contributed by atoms with Gasteiger partial charge in [0.05, 0.1) is 0 Å². The SMILES string of the molecule is NC1CCC(N2CCNC(=O)CC2)C1. The van der Waals surface area contributed by atoms with Crippen molar-refractivity contribution in [1.82, 2.24) is 10.2 Å². The molecule has 2 unspecified atom stereocenters. The smallest absolute Gasteiger partial charge is 0.221 e. The lowest BCUT2D eigenvalue weighted by Crippen LogP contribution is -2.37. The van der Waals surface area contributed by atoms with E-state index in [2.05, 4.69) is 10.2 Å². The molecule has 0 bridgehead atoms. The maximum absolute atomic E-state index is 11.1. The van der Waals surface area contributed by atoms with Gasteiger partial charge in [-0.15, -0.1) is 0 Å². The Labute approximate surface area is 84.8 Å². The molecule has 1 aliphatic heterocycles. The lowest BCUT2D eigenvalue weighted by atomic mass is 10.2. The molecule has 1 heterocycles. The largest absolute Gasteiger partial charge is 0.355 e. The fourth-order valence-electron chi connectivity index (χ4n) is 2.47. The number of hydrogen-bond donors (Lipinski definition) is 2. The van der Waals surface area contributed by atoms with E-state index in [1.54, 1.807) is 0 Å². The van der Waals surface area contributed by atoms with Crippen LogP contribution >= 0.6 is 0 Å². The summed E-state index contributed by atoms with van der Waals surface area (Å²) in [6.45, 7) is 2.69. The Bertz CT molecular complexity index is 219. The maximum atomic E-state index is 11.1. The quantitative estimate of drug-likeness (QED) is 0.606. The number of hydrogen-bond acceptors (Lipinski definition) is 3. The van der Waals surface area contributed by atoms with Gasteiger partial charge in [0, 0.05) is 38.1 Å². The highest BCUT2D eigenvalue weighted by molar-refractivity contribution is 5.76. The number of carbonyl (C=O) groups excluding carboxylic acids is 1. The number of nitrogens with two attached hydrogens (primary N) is 1. The highest BCUT2D eigenvalue weighted by Crippen LogP contribution is 2.23. The van der Waals surface area contributed by atoms with E-state index in [0.29, 0.717) is 18.5 Å². The molecule has 3 N–H and O–H groups in total. The van der Waals surface area contributed by atoms with Gasteiger partial charge >= 0.3 is 0 Å². The normalized spacial score (nSPS) is 35.4. The zero-order valence-electron chi connectivity index (χ0n) is 8.54. The van der Waals surface area contributed by atoms with Gasteiger partial charge in [0.15, 0.2) is 0 Å². The first-order valence-corrected chi connectivity index (χ1v) is 5.52. The molecule has 80 valence electrons. The van der Waals surface area contributed by atoms with E-state index in [1.807, 2.05) is 0 Å². The fraction of sp³-hybridized carbons (Fsp3) is 0.900. The molecular weight excluding hydrogens is 178 g/mol. The zero-order valence-corrected chi connectivity index (χ0v) is 8.54. The summed E-state index contributed by atoms with van der Waals surface area (Å²) in [5.41, 5.74) is 5.89. The molecule has 2 rings (SSSR count). The van der Waals surface area contributed by atoms with Crippen LogP contribution in [0.3, 0.4) is 0 Å². The Hall–Kier alpha value is -0.610. The van der Waals surface area contributed by atoms with Crippen molar-refractivity contribution in [3.63, 3.8) is 0 Å². The number of carbonyl (C=O) groups is 1. The molecule has 14 heavy (non-hydrogen) atoms. The predicted molar refractivity (Wildman–Crippen MR) is 54.8 cm³/mol. The number of rotatable bonds is 1. The topological polar surface area (TPSA) is 58.4 Å². The first kappa shape index (κ1) is 9.93. The lowest BCUT2D eigenvalue weighted by molar-refractivity contribution is -0.120. The van der Waals surface area contributed by atoms with E-state index < -0.39 is 0 Å². The average molecular weight is 197 g/mol. The second-order valence-electron chi connectivity index (χ2n) is 4.36. The number of nitrogens with one attached hydrogen (secondary N) is 1. The number of amides is 1. The molecule has 1 saturated carbocycles. The van der Waals surface area contributed by atoms with Crippen LogP contribution in [0.25, 0.3) is 0 Å². The molecule has 0 radical (unpaired) electrons. The standard InChI is InChI=1S/C10H19N3O/c11-8-1-2-9(7-8)13-5-3-10(14)12-4-6-13/h8-9H,1-7,11H2,(H,12,14). The molecule has 1 aliphatic carbocycles. The van der Waals surface area contributed by atoms with Crippen LogP contribution in [0.4, 0.5) is 0 Å². The van der Waals surface area contributed by atoms with Crippen molar-refractivity contribution in [3.8, 4) is 0 Å². The van der Waals surface area contributed by atoms with E-state index in [-0.39, 0.29) is 5.91 Å². The summed E-state index contributed by atoms with van der Waals surface area (Å²) in [4.78, 5) is 13.6. The minimum atomic E-state index is 0.190. The third kappa shape index (κ3) is 2.25. The molecule has 0 aromatic heterocycles. The van der Waals surface area contributed by atoms with Crippen LogP contribution in [0.5, 0.6) is 0 Å². The first-order valence-electron chi connectivity index (χ1n) is 5.52. The van der Waals surface area contributed by atoms with Crippen molar-refractivity contribution >= 4 is 5.91 Å². The van der Waals surface area contributed by atoms with Crippen molar-refractivity contribution in [2.24, 2.45) is 5.73 Å². The Morgan fingerprint density at radius 3 is 2.93 bits per heavy atom. The summed E-state index contributed by atoms with van der Waals surface area (Å²) in [5, 5.41) is 2.90. The summed E-state index contributed by atoms with van der Waals surface area (Å²) in [7, 11) is 0. The van der Waals surface area contributed by atoms with Crippen molar-refractivity contribution in [2.75, 3.05) is 19.6 Å². The fourth-order valence-corrected chi connectivity index (χ4v) is 2.47. The van der Waals surface area contributed by atoms with Crippen LogP contribution in [0.15, 0.2) is 0 Å². The van der Waals surface area contributed by atoms with Gasteiger partial charge in [0.2, 0.25) is 5.91 Å². The molecule has 0 spiro atoms. The third-order valence-corrected chi connectivity index (χ3v) is 3.31. The van der Waals surface area contributed by atoms with Crippen LogP contribution in [0.2, 0.25) is 0 Å². The molecule has 1 amide bonds. The molecule has 2 fully saturated rings. The second kappa shape index (κ2) is 4.28. The van der Waals surface area contributed by atoms with E-state index >= 15 is 0 Å². The van der Waals surface area contributed by atoms with E-state index in [9.17, 15) is 4.79 Å². The van der Waals surface area contributed by atoms with Crippen molar-refractivity contribution in [1.29, 1.82) is 0 Å². The Kier molecular flexibility index (Phi) is 3.03. The highest BCUT2D eigenvalue weighted by Gasteiger charge is 2.28. The number of nitrogens with zero attached hydrogens (tertiary/aromatic N) is 1. The van der Waals surface area contributed by atoms with Crippen LogP contribution in [-0.2, 0) is 4.79 Å². The van der Waals surface area contributed by atoms with Gasteiger partial charge in [-0.1, -0.05) is 0 Å². The summed E-state index contributed by atoms with van der Waals surface area (Å²) in [6, 6.07) is 1.00. The summed E-state index contributed by atoms with van der Waals surface area (Å²) >= 11 is 0. The zero-order chi connectivity index (χ0) is 9.97. The molecule has 0 aromatic rings. The molecule has 2 atom stereocenters. The molecule has 2 aliphatic rings. The summed E-state index contributed by atoms with van der Waals surface area (Å²) in [5.74, 6) is 0.190. The van der Waals surface area contributed by atoms with Crippen LogP contribution in [-0.4, -0.2) is 42.5 Å². The van der Waals surface area contributed by atoms with Gasteiger partial charge in [-0.25, -0.2) is 0 Å². The Morgan fingerprint density at radius 2 is 2.21 bits per heavy atom. The van der Waals surface area contributed by atoms with Crippen molar-refractivity contribution in [3.05, 3.63) is 0 Å². The predicted octanol–water partition coefficient (Wildman–Crippen LogP) is -0.312. The lowest BCUT2D eigenvalue weighted by Gasteiger charge is -2.26. The summed E-state index contributed by atoms with van der Waals surface area (Å²) in [6.07, 6.45) is 4.10. The van der Waals surface area contributed by atoms with E-state index in [0.717, 1.165) is 32.5 Å². The monoisotopic (exact) mass is 197 g/mol. The molecular formula is C10H19N3O. The molecule has 1 saturated heterocycles. The third-order valence-electron chi connectivity index (χ3n) is 3.31. The average Bonchev–Trinajstić information content (AvgIpc) is 2.46. The second-order valence-corrected chi connectivity index (χ2v) is 4.36. The van der Waals surface area contributed by atoms with Gasteiger partial charge in [0.1, 0.15) is 0 Å². The van der Waals surface area contributed by atoms with Gasteiger partial charge in [0.25, 0.3) is 0 Å². The first-order chi connectivity index (χ1) is 6.75. The van der Waals surface area contributed by atoms with Gasteiger partial charge < -0.3 is 11.1 Å². The van der Waals surface area contributed by atoms with Crippen molar-refractivity contribution in [2.45, 2.75) is 37.8 Å². The van der Waals surface area contributed by atoms with Gasteiger partial charge in [-0.3, -0.25) is 9.69 Å². The minimum Gasteiger partial charge on any atom is -0.355 e. The van der Waals surface area contributed by atoms with E-state index in [4.69, 9.17) is 5.73 Å². The van der Waals surface area contributed by atoms with Crippen LogP contribution in [0.1, 0.15) is 25.7 Å².